The first-order chi connectivity index (χ1) is 14.5. The molecule has 4 rings (SSSR count). The number of hydrogen-bond donors (Lipinski definition) is 1. The first-order valence-corrected chi connectivity index (χ1v) is 12.9. The van der Waals surface area contributed by atoms with E-state index in [1.165, 1.54) is 0 Å². The summed E-state index contributed by atoms with van der Waals surface area (Å²) in [6.07, 6.45) is 1.62. The minimum Gasteiger partial charge on any atom is -0.395 e. The van der Waals surface area contributed by atoms with Gasteiger partial charge >= 0.3 is 0 Å². The quantitative estimate of drug-likeness (QED) is 0.633. The molecule has 3 fully saturated rings. The Bertz CT molecular complexity index is 760. The second-order valence-electron chi connectivity index (χ2n) is 8.68. The van der Waals surface area contributed by atoms with Crippen molar-refractivity contribution in [1.82, 2.24) is 20.0 Å². The van der Waals surface area contributed by atoms with Crippen LogP contribution in [-0.2, 0) is 9.84 Å². The highest BCUT2D eigenvalue weighted by atomic mass is 32.2. The summed E-state index contributed by atoms with van der Waals surface area (Å²) < 4.78 is 23.2. The lowest BCUT2D eigenvalue weighted by Crippen LogP contribution is -2.49. The van der Waals surface area contributed by atoms with Crippen LogP contribution in [0, 0.1) is 5.92 Å². The second-order valence-corrected chi connectivity index (χ2v) is 11.0. The SMILES string of the molecule is O=S1(=O)CCC(CN2CCN(c3ccc(N4CCN(CCO)CC4)nn3)CC2)CC1. The summed E-state index contributed by atoms with van der Waals surface area (Å²) in [6.45, 7) is 9.50. The van der Waals surface area contributed by atoms with Crippen LogP contribution in [0.1, 0.15) is 12.8 Å². The van der Waals surface area contributed by atoms with E-state index in [1.54, 1.807) is 0 Å². The maximum Gasteiger partial charge on any atom is 0.151 e. The van der Waals surface area contributed by atoms with Crippen LogP contribution in [0.25, 0.3) is 0 Å². The fraction of sp³-hybridized carbons (Fsp3) is 0.800. The van der Waals surface area contributed by atoms with Crippen molar-refractivity contribution in [3.05, 3.63) is 12.1 Å². The minimum atomic E-state index is -2.78. The molecule has 1 aromatic heterocycles. The molecule has 1 aromatic rings. The smallest absolute Gasteiger partial charge is 0.151 e. The van der Waals surface area contributed by atoms with Crippen molar-refractivity contribution in [2.45, 2.75) is 12.8 Å². The van der Waals surface area contributed by atoms with Crippen molar-refractivity contribution in [2.24, 2.45) is 5.92 Å². The molecular weight excluding hydrogens is 404 g/mol. The molecule has 0 bridgehead atoms. The molecule has 0 radical (unpaired) electrons. The number of nitrogens with zero attached hydrogens (tertiary/aromatic N) is 6. The van der Waals surface area contributed by atoms with Gasteiger partial charge in [-0.25, -0.2) is 8.42 Å². The summed E-state index contributed by atoms with van der Waals surface area (Å²) in [7, 11) is -2.78. The normalized spacial score (nSPS) is 24.3. The van der Waals surface area contributed by atoms with Crippen molar-refractivity contribution in [2.75, 3.05) is 93.4 Å². The Morgan fingerprint density at radius 2 is 1.33 bits per heavy atom. The van der Waals surface area contributed by atoms with Crippen LogP contribution >= 0.6 is 0 Å². The summed E-state index contributed by atoms with van der Waals surface area (Å²) in [4.78, 5) is 9.28. The van der Waals surface area contributed by atoms with Crippen molar-refractivity contribution in [3.63, 3.8) is 0 Å². The van der Waals surface area contributed by atoms with Crippen LogP contribution in [0.5, 0.6) is 0 Å². The molecule has 10 heteroatoms. The Morgan fingerprint density at radius 3 is 1.80 bits per heavy atom. The van der Waals surface area contributed by atoms with Gasteiger partial charge in [0.15, 0.2) is 11.6 Å². The number of rotatable bonds is 6. The Balaban J connectivity index is 1.22. The molecule has 0 aliphatic carbocycles. The molecule has 3 aliphatic heterocycles. The average molecular weight is 439 g/mol. The Hall–Kier alpha value is -1.49. The zero-order valence-corrected chi connectivity index (χ0v) is 18.5. The summed E-state index contributed by atoms with van der Waals surface area (Å²) in [5.41, 5.74) is 0. The zero-order chi connectivity index (χ0) is 21.0. The third kappa shape index (κ3) is 5.60. The van der Waals surface area contributed by atoms with Crippen molar-refractivity contribution < 1.29 is 13.5 Å². The average Bonchev–Trinajstić information content (AvgIpc) is 2.77. The Kier molecular flexibility index (Phi) is 7.07. The number of aliphatic hydroxyl groups excluding tert-OH is 1. The number of aliphatic hydroxyl groups is 1. The summed E-state index contributed by atoms with van der Waals surface area (Å²) >= 11 is 0. The highest BCUT2D eigenvalue weighted by Gasteiger charge is 2.27. The molecule has 3 aliphatic rings. The van der Waals surface area contributed by atoms with E-state index in [1.807, 2.05) is 0 Å². The van der Waals surface area contributed by atoms with Gasteiger partial charge in [0, 0.05) is 65.4 Å². The van der Waals surface area contributed by atoms with Crippen LogP contribution in [0.15, 0.2) is 12.1 Å². The van der Waals surface area contributed by atoms with Gasteiger partial charge in [-0.1, -0.05) is 0 Å². The third-order valence-corrected chi connectivity index (χ3v) is 8.35. The predicted octanol–water partition coefficient (Wildman–Crippen LogP) is -0.462. The molecule has 9 nitrogen and oxygen atoms in total. The molecule has 0 amide bonds. The van der Waals surface area contributed by atoms with Gasteiger partial charge in [-0.3, -0.25) is 9.80 Å². The molecular formula is C20H34N6O3S. The van der Waals surface area contributed by atoms with E-state index < -0.39 is 9.84 Å². The van der Waals surface area contributed by atoms with Gasteiger partial charge in [0.25, 0.3) is 0 Å². The van der Waals surface area contributed by atoms with Crippen molar-refractivity contribution in [1.29, 1.82) is 0 Å². The van der Waals surface area contributed by atoms with Crippen LogP contribution in [0.3, 0.4) is 0 Å². The fourth-order valence-electron chi connectivity index (χ4n) is 4.64. The molecule has 168 valence electrons. The third-order valence-electron chi connectivity index (χ3n) is 6.64. The minimum absolute atomic E-state index is 0.213. The second kappa shape index (κ2) is 9.76. The lowest BCUT2D eigenvalue weighted by atomic mass is 10.0. The maximum atomic E-state index is 11.6. The lowest BCUT2D eigenvalue weighted by molar-refractivity contribution is 0.188. The van der Waals surface area contributed by atoms with E-state index in [0.29, 0.717) is 17.4 Å². The molecule has 0 atom stereocenters. The van der Waals surface area contributed by atoms with Gasteiger partial charge in [-0.2, -0.15) is 0 Å². The monoisotopic (exact) mass is 438 g/mol. The van der Waals surface area contributed by atoms with E-state index in [0.717, 1.165) is 89.9 Å². The standard InChI is InChI=1S/C20H34N6O3S/c27-14-13-23-5-9-25(10-6-23)19-1-2-20(22-21-19)26-11-7-24(8-12-26)17-18-3-15-30(28,29)16-4-18/h1-2,18,27H,3-17H2. The van der Waals surface area contributed by atoms with Crippen LogP contribution in [-0.4, -0.2) is 117 Å². The summed E-state index contributed by atoms with van der Waals surface area (Å²) in [5.74, 6) is 3.08. The van der Waals surface area contributed by atoms with Crippen molar-refractivity contribution in [3.8, 4) is 0 Å². The number of aromatic nitrogens is 2. The number of hydrogen-bond acceptors (Lipinski definition) is 9. The van der Waals surface area contributed by atoms with Gasteiger partial charge in [0.05, 0.1) is 18.1 Å². The first-order valence-electron chi connectivity index (χ1n) is 11.1. The van der Waals surface area contributed by atoms with Crippen LogP contribution in [0.2, 0.25) is 0 Å². The van der Waals surface area contributed by atoms with Crippen LogP contribution < -0.4 is 9.80 Å². The molecule has 3 saturated heterocycles. The van der Waals surface area contributed by atoms with Crippen LogP contribution in [0.4, 0.5) is 11.6 Å². The van der Waals surface area contributed by atoms with Gasteiger partial charge in [0.1, 0.15) is 9.84 Å². The maximum absolute atomic E-state index is 11.6. The van der Waals surface area contributed by atoms with Gasteiger partial charge in [-0.05, 0) is 30.9 Å². The van der Waals surface area contributed by atoms with E-state index in [4.69, 9.17) is 5.11 Å². The van der Waals surface area contributed by atoms with Gasteiger partial charge < -0.3 is 14.9 Å². The van der Waals surface area contributed by atoms with Gasteiger partial charge in [-0.15, -0.1) is 10.2 Å². The summed E-state index contributed by atoms with van der Waals surface area (Å²) in [6, 6.07) is 4.14. The number of anilines is 2. The number of sulfone groups is 1. The van der Waals surface area contributed by atoms with Crippen molar-refractivity contribution >= 4 is 21.5 Å². The first kappa shape index (κ1) is 21.7. The number of β-amino-alcohol motifs (C(OH)–C–C–N with tert-alkyl or cyclic N) is 1. The molecule has 30 heavy (non-hydrogen) atoms. The molecule has 0 spiro atoms. The molecule has 0 unspecified atom stereocenters. The number of piperazine rings is 2. The molecule has 4 heterocycles. The fourth-order valence-corrected chi connectivity index (χ4v) is 6.23. The molecule has 1 N–H and O–H groups in total. The van der Waals surface area contributed by atoms with E-state index >= 15 is 0 Å². The highest BCUT2D eigenvalue weighted by molar-refractivity contribution is 7.91. The highest BCUT2D eigenvalue weighted by Crippen LogP contribution is 2.22. The Morgan fingerprint density at radius 1 is 0.833 bits per heavy atom. The predicted molar refractivity (Wildman–Crippen MR) is 118 cm³/mol. The largest absolute Gasteiger partial charge is 0.395 e. The van der Waals surface area contributed by atoms with E-state index in [9.17, 15) is 8.42 Å². The Labute approximate surface area is 179 Å². The molecule has 0 saturated carbocycles. The zero-order valence-electron chi connectivity index (χ0n) is 17.7. The van der Waals surface area contributed by atoms with E-state index in [2.05, 4.69) is 41.9 Å². The summed E-state index contributed by atoms with van der Waals surface area (Å²) in [5, 5.41) is 18.0. The lowest BCUT2D eigenvalue weighted by Gasteiger charge is -2.38. The molecule has 0 aromatic carbocycles. The van der Waals surface area contributed by atoms with E-state index in [-0.39, 0.29) is 6.61 Å². The van der Waals surface area contributed by atoms with Gasteiger partial charge in [0.2, 0.25) is 0 Å². The topological polar surface area (TPSA) is 93.1 Å².